The number of sulfonamides is 1. The van der Waals surface area contributed by atoms with Gasteiger partial charge >= 0.3 is 5.97 Å². The lowest BCUT2D eigenvalue weighted by atomic mass is 9.91. The molecule has 0 saturated carbocycles. The van der Waals surface area contributed by atoms with E-state index < -0.39 is 21.5 Å². The Bertz CT molecular complexity index is 609. The molecule has 0 bridgehead atoms. The van der Waals surface area contributed by atoms with Gasteiger partial charge in [-0.25, -0.2) is 8.42 Å². The van der Waals surface area contributed by atoms with Crippen LogP contribution in [0.15, 0.2) is 10.6 Å². The van der Waals surface area contributed by atoms with Gasteiger partial charge in [0, 0.05) is 12.6 Å². The van der Waals surface area contributed by atoms with Crippen molar-refractivity contribution in [3.8, 4) is 0 Å². The number of carboxylic acid groups (broad SMARTS) is 1. The zero-order chi connectivity index (χ0) is 15.0. The van der Waals surface area contributed by atoms with Crippen LogP contribution in [0, 0.1) is 6.92 Å². The lowest BCUT2D eigenvalue weighted by Gasteiger charge is -2.40. The Morgan fingerprint density at radius 3 is 2.80 bits per heavy atom. The van der Waals surface area contributed by atoms with Crippen LogP contribution in [0.2, 0.25) is 0 Å². The second-order valence-electron chi connectivity index (χ2n) is 5.29. The van der Waals surface area contributed by atoms with Gasteiger partial charge in [-0.05, 0) is 33.1 Å². The molecule has 1 aromatic rings. The van der Waals surface area contributed by atoms with E-state index in [0.29, 0.717) is 30.7 Å². The van der Waals surface area contributed by atoms with Gasteiger partial charge in [-0.2, -0.15) is 4.31 Å². The molecule has 1 saturated heterocycles. The molecule has 1 fully saturated rings. The maximum absolute atomic E-state index is 12.5. The summed E-state index contributed by atoms with van der Waals surface area (Å²) in [4.78, 5) is 11.4. The summed E-state index contributed by atoms with van der Waals surface area (Å²) < 4.78 is 30.9. The first-order valence-electron chi connectivity index (χ1n) is 6.42. The Kier molecular flexibility index (Phi) is 3.88. The Morgan fingerprint density at radius 1 is 1.55 bits per heavy atom. The fraction of sp³-hybridized carbons (Fsp3) is 0.667. The van der Waals surface area contributed by atoms with Crippen LogP contribution in [-0.4, -0.2) is 41.0 Å². The van der Waals surface area contributed by atoms with Crippen molar-refractivity contribution in [3.05, 3.63) is 17.5 Å². The van der Waals surface area contributed by atoms with Gasteiger partial charge < -0.3 is 9.63 Å². The number of aliphatic carboxylic acids is 1. The highest BCUT2D eigenvalue weighted by Gasteiger charge is 2.47. The topological polar surface area (TPSA) is 101 Å². The Hall–Kier alpha value is -1.41. The molecule has 0 spiro atoms. The average Bonchev–Trinajstić information content (AvgIpc) is 2.74. The van der Waals surface area contributed by atoms with Crippen LogP contribution in [0.3, 0.4) is 0 Å². The number of aryl methyl sites for hydroxylation is 1. The van der Waals surface area contributed by atoms with Crippen LogP contribution in [0.4, 0.5) is 0 Å². The van der Waals surface area contributed by atoms with Gasteiger partial charge in [0.25, 0.3) is 0 Å². The van der Waals surface area contributed by atoms with Gasteiger partial charge in [0.1, 0.15) is 22.7 Å². The van der Waals surface area contributed by atoms with Crippen molar-refractivity contribution in [1.82, 2.24) is 9.46 Å². The quantitative estimate of drug-likeness (QED) is 0.895. The molecular formula is C12H18N2O5S. The van der Waals surface area contributed by atoms with Crippen LogP contribution < -0.4 is 0 Å². The van der Waals surface area contributed by atoms with Crippen molar-refractivity contribution in [2.45, 2.75) is 44.4 Å². The highest BCUT2D eigenvalue weighted by atomic mass is 32.2. The summed E-state index contributed by atoms with van der Waals surface area (Å²) >= 11 is 0. The number of hydrogen-bond donors (Lipinski definition) is 1. The van der Waals surface area contributed by atoms with Gasteiger partial charge in [-0.1, -0.05) is 5.16 Å². The van der Waals surface area contributed by atoms with Crippen molar-refractivity contribution < 1.29 is 22.8 Å². The van der Waals surface area contributed by atoms with Gasteiger partial charge in [0.2, 0.25) is 10.0 Å². The summed E-state index contributed by atoms with van der Waals surface area (Å²) in [5.41, 5.74) is -1.09. The summed E-state index contributed by atoms with van der Waals surface area (Å²) in [6, 6.07) is 1.54. The molecular weight excluding hydrogens is 284 g/mol. The van der Waals surface area contributed by atoms with E-state index in [1.54, 1.807) is 13.0 Å². The number of hydrogen-bond acceptors (Lipinski definition) is 5. The number of aromatic nitrogens is 1. The number of nitrogens with zero attached hydrogens (tertiary/aromatic N) is 2. The monoisotopic (exact) mass is 302 g/mol. The Balaban J connectivity index is 2.29. The zero-order valence-corrected chi connectivity index (χ0v) is 12.3. The molecule has 0 aromatic carbocycles. The van der Waals surface area contributed by atoms with Gasteiger partial charge in [-0.15, -0.1) is 0 Å². The van der Waals surface area contributed by atoms with Gasteiger partial charge in [0.15, 0.2) is 0 Å². The van der Waals surface area contributed by atoms with Crippen LogP contribution in [0.25, 0.3) is 0 Å². The summed E-state index contributed by atoms with van der Waals surface area (Å²) in [6.07, 6.45) is 1.69. The molecule has 1 aliphatic rings. The highest BCUT2D eigenvalue weighted by Crippen LogP contribution is 2.32. The van der Waals surface area contributed by atoms with E-state index in [0.717, 1.165) is 4.31 Å². The fourth-order valence-electron chi connectivity index (χ4n) is 2.51. The zero-order valence-electron chi connectivity index (χ0n) is 11.5. The molecule has 8 heteroatoms. The summed E-state index contributed by atoms with van der Waals surface area (Å²) in [5.74, 6) is -0.931. The molecule has 20 heavy (non-hydrogen) atoms. The van der Waals surface area contributed by atoms with Gasteiger partial charge in [-0.3, -0.25) is 4.79 Å². The largest absolute Gasteiger partial charge is 0.480 e. The van der Waals surface area contributed by atoms with E-state index in [9.17, 15) is 18.3 Å². The predicted molar refractivity (Wildman–Crippen MR) is 70.5 cm³/mol. The van der Waals surface area contributed by atoms with E-state index in [-0.39, 0.29) is 12.3 Å². The predicted octanol–water partition coefficient (Wildman–Crippen LogP) is 1.14. The molecule has 1 atom stereocenters. The first kappa shape index (κ1) is 15.0. The molecule has 2 heterocycles. The summed E-state index contributed by atoms with van der Waals surface area (Å²) in [5, 5.41) is 13.0. The van der Waals surface area contributed by atoms with Crippen LogP contribution in [-0.2, 0) is 20.6 Å². The summed E-state index contributed by atoms with van der Waals surface area (Å²) in [6.45, 7) is 3.35. The minimum Gasteiger partial charge on any atom is -0.480 e. The number of rotatable bonds is 4. The van der Waals surface area contributed by atoms with Gasteiger partial charge in [0.05, 0.1) is 0 Å². The third-order valence-corrected chi connectivity index (χ3v) is 5.55. The van der Waals surface area contributed by atoms with Crippen LogP contribution >= 0.6 is 0 Å². The molecule has 1 aromatic heterocycles. The molecule has 0 radical (unpaired) electrons. The van der Waals surface area contributed by atoms with Crippen LogP contribution in [0.5, 0.6) is 0 Å². The third kappa shape index (κ3) is 2.71. The van der Waals surface area contributed by atoms with Crippen molar-refractivity contribution in [1.29, 1.82) is 0 Å². The number of carbonyl (C=O) groups is 1. The lowest BCUT2D eigenvalue weighted by molar-refractivity contribution is -0.149. The normalized spacial score (nSPS) is 24.7. The minimum absolute atomic E-state index is 0.224. The first-order chi connectivity index (χ1) is 9.25. The maximum Gasteiger partial charge on any atom is 0.324 e. The Labute approximate surface area is 117 Å². The lowest BCUT2D eigenvalue weighted by Crippen LogP contribution is -2.57. The Morgan fingerprint density at radius 2 is 2.25 bits per heavy atom. The van der Waals surface area contributed by atoms with Crippen molar-refractivity contribution in [2.24, 2.45) is 0 Å². The maximum atomic E-state index is 12.5. The molecule has 112 valence electrons. The molecule has 1 unspecified atom stereocenters. The van der Waals surface area contributed by atoms with E-state index in [1.165, 1.54) is 6.92 Å². The molecule has 1 N–H and O–H groups in total. The second kappa shape index (κ2) is 5.17. The standard InChI is InChI=1S/C12H18N2O5S/c1-9-7-10(13-19-9)8-20(17,18)14-6-4-3-5-12(14,2)11(15)16/h7H,3-6,8H2,1-2H3,(H,15,16). The van der Waals surface area contributed by atoms with Crippen molar-refractivity contribution in [2.75, 3.05) is 6.54 Å². The molecule has 2 rings (SSSR count). The van der Waals surface area contributed by atoms with E-state index in [4.69, 9.17) is 4.52 Å². The number of piperidine rings is 1. The molecule has 0 aliphatic carbocycles. The smallest absolute Gasteiger partial charge is 0.324 e. The van der Waals surface area contributed by atoms with E-state index in [2.05, 4.69) is 5.16 Å². The van der Waals surface area contributed by atoms with Crippen molar-refractivity contribution in [3.63, 3.8) is 0 Å². The van der Waals surface area contributed by atoms with E-state index in [1.807, 2.05) is 0 Å². The fourth-order valence-corrected chi connectivity index (χ4v) is 4.36. The molecule has 7 nitrogen and oxygen atoms in total. The first-order valence-corrected chi connectivity index (χ1v) is 8.03. The van der Waals surface area contributed by atoms with Crippen molar-refractivity contribution >= 4 is 16.0 Å². The van der Waals surface area contributed by atoms with E-state index >= 15 is 0 Å². The minimum atomic E-state index is -3.75. The highest BCUT2D eigenvalue weighted by molar-refractivity contribution is 7.88. The number of carboxylic acids is 1. The molecule has 1 aliphatic heterocycles. The SMILES string of the molecule is Cc1cc(CS(=O)(=O)N2CCCCC2(C)C(=O)O)no1. The summed E-state index contributed by atoms with van der Waals surface area (Å²) in [7, 11) is -3.75. The molecule has 0 amide bonds. The third-order valence-electron chi connectivity index (χ3n) is 3.63. The average molecular weight is 302 g/mol. The second-order valence-corrected chi connectivity index (χ2v) is 7.19. The van der Waals surface area contributed by atoms with Crippen LogP contribution in [0.1, 0.15) is 37.6 Å².